The highest BCUT2D eigenvalue weighted by atomic mass is 32.1. The Kier molecular flexibility index (Phi) is 3.23. The molecule has 0 radical (unpaired) electrons. The van der Waals surface area contributed by atoms with E-state index in [0.717, 1.165) is 6.42 Å². The Hall–Kier alpha value is -1.69. The second-order valence-corrected chi connectivity index (χ2v) is 4.69. The molecule has 0 bridgehead atoms. The van der Waals surface area contributed by atoms with Crippen molar-refractivity contribution in [2.75, 3.05) is 0 Å². The van der Waals surface area contributed by atoms with Crippen molar-refractivity contribution in [3.63, 3.8) is 0 Å². The van der Waals surface area contributed by atoms with Gasteiger partial charge in [-0.05, 0) is 13.3 Å². The molecule has 2 aromatic heterocycles. The zero-order valence-electron chi connectivity index (χ0n) is 9.64. The second-order valence-electron chi connectivity index (χ2n) is 3.82. The normalized spacial score (nSPS) is 12.6. The summed E-state index contributed by atoms with van der Waals surface area (Å²) >= 11 is 1.36. The number of rotatable bonds is 3. The number of nitrogens with zero attached hydrogens (tertiary/aromatic N) is 2. The Labute approximate surface area is 102 Å². The van der Waals surface area contributed by atoms with Crippen LogP contribution < -0.4 is 10.9 Å². The molecule has 0 spiro atoms. The van der Waals surface area contributed by atoms with E-state index in [-0.39, 0.29) is 23.1 Å². The maximum atomic E-state index is 12.0. The molecule has 2 rings (SSSR count). The predicted molar refractivity (Wildman–Crippen MR) is 66.6 cm³/mol. The van der Waals surface area contributed by atoms with E-state index in [1.807, 2.05) is 13.8 Å². The Morgan fingerprint density at radius 2 is 2.41 bits per heavy atom. The van der Waals surface area contributed by atoms with Gasteiger partial charge in [-0.15, -0.1) is 11.3 Å². The largest absolute Gasteiger partial charge is 0.349 e. The summed E-state index contributed by atoms with van der Waals surface area (Å²) in [7, 11) is 0. The fourth-order valence-corrected chi connectivity index (χ4v) is 2.06. The van der Waals surface area contributed by atoms with Gasteiger partial charge >= 0.3 is 0 Å². The van der Waals surface area contributed by atoms with Crippen molar-refractivity contribution in [3.8, 4) is 0 Å². The second kappa shape index (κ2) is 4.67. The number of nitrogens with one attached hydrogen (secondary N) is 1. The van der Waals surface area contributed by atoms with Gasteiger partial charge in [-0.3, -0.25) is 14.0 Å². The molecular weight excluding hydrogens is 238 g/mol. The van der Waals surface area contributed by atoms with Gasteiger partial charge in [0.2, 0.25) is 0 Å². The van der Waals surface area contributed by atoms with Gasteiger partial charge in [0, 0.05) is 23.8 Å². The van der Waals surface area contributed by atoms with Crippen LogP contribution in [0.4, 0.5) is 0 Å². The van der Waals surface area contributed by atoms with Crippen LogP contribution in [0.15, 0.2) is 22.6 Å². The van der Waals surface area contributed by atoms with E-state index in [4.69, 9.17) is 0 Å². The summed E-state index contributed by atoms with van der Waals surface area (Å²) in [5.41, 5.74) is -0.238. The van der Waals surface area contributed by atoms with Gasteiger partial charge in [-0.25, -0.2) is 4.98 Å². The summed E-state index contributed by atoms with van der Waals surface area (Å²) in [4.78, 5) is 28.5. The number of thiazole rings is 1. The standard InChI is InChI=1S/C11H13N3O2S/c1-3-7(2)13-9(15)8-6-12-11-14(10(8)16)4-5-17-11/h4-7H,3H2,1-2H3,(H,13,15)/t7-/m0/s1. The van der Waals surface area contributed by atoms with Crippen molar-refractivity contribution in [1.29, 1.82) is 0 Å². The third-order valence-corrected chi connectivity index (χ3v) is 3.35. The summed E-state index contributed by atoms with van der Waals surface area (Å²) in [6.07, 6.45) is 3.78. The van der Waals surface area contributed by atoms with Crippen molar-refractivity contribution in [2.24, 2.45) is 0 Å². The first-order chi connectivity index (χ1) is 8.13. The zero-order valence-corrected chi connectivity index (χ0v) is 10.5. The molecule has 2 aromatic rings. The lowest BCUT2D eigenvalue weighted by Crippen LogP contribution is -2.36. The molecule has 0 saturated carbocycles. The van der Waals surface area contributed by atoms with Crippen LogP contribution in [0, 0.1) is 0 Å². The van der Waals surface area contributed by atoms with Gasteiger partial charge in [0.1, 0.15) is 5.56 Å². The first kappa shape index (κ1) is 11.8. The van der Waals surface area contributed by atoms with E-state index < -0.39 is 0 Å². The van der Waals surface area contributed by atoms with Crippen molar-refractivity contribution < 1.29 is 4.79 Å². The number of hydrogen-bond donors (Lipinski definition) is 1. The van der Waals surface area contributed by atoms with Crippen LogP contribution in [0.1, 0.15) is 30.6 Å². The van der Waals surface area contributed by atoms with Crippen molar-refractivity contribution in [1.82, 2.24) is 14.7 Å². The molecule has 90 valence electrons. The summed E-state index contributed by atoms with van der Waals surface area (Å²) in [5.74, 6) is -0.363. The highest BCUT2D eigenvalue weighted by Crippen LogP contribution is 2.05. The summed E-state index contributed by atoms with van der Waals surface area (Å²) < 4.78 is 1.39. The highest BCUT2D eigenvalue weighted by Gasteiger charge is 2.14. The number of carbonyl (C=O) groups is 1. The van der Waals surface area contributed by atoms with Gasteiger partial charge in [-0.1, -0.05) is 6.92 Å². The van der Waals surface area contributed by atoms with Gasteiger partial charge in [0.15, 0.2) is 4.96 Å². The van der Waals surface area contributed by atoms with Gasteiger partial charge in [0.25, 0.3) is 11.5 Å². The summed E-state index contributed by atoms with van der Waals surface area (Å²) in [6, 6.07) is 0.0464. The topological polar surface area (TPSA) is 63.5 Å². The monoisotopic (exact) mass is 251 g/mol. The molecule has 1 amide bonds. The maximum Gasteiger partial charge on any atom is 0.271 e. The highest BCUT2D eigenvalue weighted by molar-refractivity contribution is 7.15. The Morgan fingerprint density at radius 1 is 1.65 bits per heavy atom. The third-order valence-electron chi connectivity index (χ3n) is 2.58. The Balaban J connectivity index is 2.39. The van der Waals surface area contributed by atoms with Crippen LogP contribution in [0.5, 0.6) is 0 Å². The fourth-order valence-electron chi connectivity index (χ4n) is 1.38. The summed E-state index contributed by atoms with van der Waals surface area (Å²) in [5, 5.41) is 4.52. The van der Waals surface area contributed by atoms with Crippen molar-refractivity contribution in [3.05, 3.63) is 33.7 Å². The Bertz CT molecular complexity index is 602. The molecule has 0 aliphatic rings. The number of fused-ring (bicyclic) bond motifs is 1. The average molecular weight is 251 g/mol. The minimum absolute atomic E-state index is 0.0464. The summed E-state index contributed by atoms with van der Waals surface area (Å²) in [6.45, 7) is 3.87. The molecule has 17 heavy (non-hydrogen) atoms. The van der Waals surface area contributed by atoms with E-state index >= 15 is 0 Å². The number of aromatic nitrogens is 2. The molecular formula is C11H13N3O2S. The zero-order chi connectivity index (χ0) is 12.4. The van der Waals surface area contributed by atoms with Crippen LogP contribution >= 0.6 is 11.3 Å². The predicted octanol–water partition coefficient (Wildman–Crippen LogP) is 1.28. The number of hydrogen-bond acceptors (Lipinski definition) is 4. The van der Waals surface area contributed by atoms with E-state index in [9.17, 15) is 9.59 Å². The van der Waals surface area contributed by atoms with E-state index in [2.05, 4.69) is 10.3 Å². The van der Waals surface area contributed by atoms with Crippen LogP contribution in [0.2, 0.25) is 0 Å². The molecule has 1 atom stereocenters. The smallest absolute Gasteiger partial charge is 0.271 e. The molecule has 2 heterocycles. The quantitative estimate of drug-likeness (QED) is 0.894. The van der Waals surface area contributed by atoms with Crippen LogP contribution in [0.25, 0.3) is 4.96 Å². The lowest BCUT2D eigenvalue weighted by molar-refractivity contribution is 0.0937. The van der Waals surface area contributed by atoms with E-state index in [1.165, 1.54) is 21.9 Å². The van der Waals surface area contributed by atoms with Crippen LogP contribution in [0.3, 0.4) is 0 Å². The van der Waals surface area contributed by atoms with Gasteiger partial charge < -0.3 is 5.32 Å². The molecule has 0 aromatic carbocycles. The van der Waals surface area contributed by atoms with Crippen molar-refractivity contribution in [2.45, 2.75) is 26.3 Å². The van der Waals surface area contributed by atoms with Crippen LogP contribution in [-0.2, 0) is 0 Å². The lowest BCUT2D eigenvalue weighted by Gasteiger charge is -2.10. The first-order valence-electron chi connectivity index (χ1n) is 5.39. The first-order valence-corrected chi connectivity index (χ1v) is 6.27. The fraction of sp³-hybridized carbons (Fsp3) is 0.364. The molecule has 6 heteroatoms. The minimum Gasteiger partial charge on any atom is -0.349 e. The minimum atomic E-state index is -0.363. The molecule has 0 fully saturated rings. The molecule has 0 aliphatic heterocycles. The number of amides is 1. The molecule has 0 saturated heterocycles. The van der Waals surface area contributed by atoms with Gasteiger partial charge in [-0.2, -0.15) is 0 Å². The van der Waals surface area contributed by atoms with Crippen molar-refractivity contribution >= 4 is 22.2 Å². The molecule has 5 nitrogen and oxygen atoms in total. The maximum absolute atomic E-state index is 12.0. The molecule has 1 N–H and O–H groups in total. The average Bonchev–Trinajstić information content (AvgIpc) is 2.78. The Morgan fingerprint density at radius 3 is 3.12 bits per heavy atom. The van der Waals surface area contributed by atoms with Crippen LogP contribution in [-0.4, -0.2) is 21.3 Å². The number of carbonyl (C=O) groups excluding carboxylic acids is 1. The molecule has 0 aliphatic carbocycles. The van der Waals surface area contributed by atoms with E-state index in [1.54, 1.807) is 11.6 Å². The molecule has 0 unspecified atom stereocenters. The third kappa shape index (κ3) is 2.21. The van der Waals surface area contributed by atoms with Gasteiger partial charge in [0.05, 0.1) is 0 Å². The lowest BCUT2D eigenvalue weighted by atomic mass is 10.2. The SMILES string of the molecule is CC[C@H](C)NC(=O)c1cnc2sccn2c1=O. The van der Waals surface area contributed by atoms with E-state index in [0.29, 0.717) is 4.96 Å².